The molecule has 102 valence electrons. The van der Waals surface area contributed by atoms with Gasteiger partial charge in [-0.2, -0.15) is 4.98 Å². The fraction of sp³-hybridized carbons (Fsp3) is 0.500. The van der Waals surface area contributed by atoms with Crippen LogP contribution >= 0.6 is 0 Å². The molecule has 1 fully saturated rings. The second-order valence-corrected chi connectivity index (χ2v) is 4.08. The number of carbonyl (C=O) groups is 3. The van der Waals surface area contributed by atoms with Gasteiger partial charge in [0.15, 0.2) is 0 Å². The van der Waals surface area contributed by atoms with E-state index < -0.39 is 17.9 Å². The number of anilines is 1. The summed E-state index contributed by atoms with van der Waals surface area (Å²) in [6.45, 7) is 0.0314. The van der Waals surface area contributed by atoms with E-state index in [4.69, 9.17) is 5.11 Å². The molecule has 0 bridgehead atoms. The van der Waals surface area contributed by atoms with Gasteiger partial charge in [0, 0.05) is 13.0 Å². The van der Waals surface area contributed by atoms with E-state index in [1.807, 2.05) is 0 Å². The number of ether oxygens (including phenoxy) is 1. The van der Waals surface area contributed by atoms with E-state index in [1.165, 1.54) is 12.0 Å². The lowest BCUT2D eigenvalue weighted by Gasteiger charge is -2.09. The van der Waals surface area contributed by atoms with E-state index in [1.54, 1.807) is 0 Å². The molecule has 1 aromatic heterocycles. The lowest BCUT2D eigenvalue weighted by molar-refractivity contribution is -0.142. The van der Waals surface area contributed by atoms with Gasteiger partial charge in [-0.05, 0) is 0 Å². The molecular weight excluding hydrogens is 256 g/mol. The van der Waals surface area contributed by atoms with Crippen LogP contribution in [0.1, 0.15) is 12.2 Å². The van der Waals surface area contributed by atoms with Gasteiger partial charge < -0.3 is 9.84 Å². The molecule has 1 atom stereocenters. The van der Waals surface area contributed by atoms with Gasteiger partial charge in [0.25, 0.3) is 5.95 Å². The summed E-state index contributed by atoms with van der Waals surface area (Å²) in [7, 11) is 1.25. The number of nitrogens with zero attached hydrogens (tertiary/aromatic N) is 3. The average molecular weight is 268 g/mol. The third-order valence-electron chi connectivity index (χ3n) is 2.78. The van der Waals surface area contributed by atoms with Crippen LogP contribution < -0.4 is 4.90 Å². The number of carboxylic acids is 1. The van der Waals surface area contributed by atoms with Crippen LogP contribution in [0.2, 0.25) is 0 Å². The van der Waals surface area contributed by atoms with Gasteiger partial charge in [-0.1, -0.05) is 0 Å². The molecule has 1 aliphatic heterocycles. The minimum atomic E-state index is -1.03. The molecule has 9 nitrogen and oxygen atoms in total. The maximum Gasteiger partial charge on any atom is 0.313 e. The number of rotatable bonds is 4. The first-order valence-corrected chi connectivity index (χ1v) is 5.52. The molecule has 19 heavy (non-hydrogen) atoms. The number of carbonyl (C=O) groups excluding carboxylic acids is 2. The third-order valence-corrected chi connectivity index (χ3v) is 2.78. The SMILES string of the molecule is COC(=O)Cc1nc(N2CC(C(=O)O)CC2=O)n[nH]1. The van der Waals surface area contributed by atoms with Gasteiger partial charge in [-0.15, -0.1) is 5.10 Å². The molecule has 2 heterocycles. The van der Waals surface area contributed by atoms with Crippen LogP contribution in [0, 0.1) is 5.92 Å². The fourth-order valence-corrected chi connectivity index (χ4v) is 1.76. The first-order valence-electron chi connectivity index (χ1n) is 5.52. The summed E-state index contributed by atoms with van der Waals surface area (Å²) in [5, 5.41) is 15.2. The summed E-state index contributed by atoms with van der Waals surface area (Å²) in [6, 6.07) is 0. The van der Waals surface area contributed by atoms with Crippen molar-refractivity contribution in [3.63, 3.8) is 0 Å². The van der Waals surface area contributed by atoms with Crippen LogP contribution in [-0.4, -0.2) is 51.8 Å². The zero-order chi connectivity index (χ0) is 14.0. The molecule has 0 spiro atoms. The van der Waals surface area contributed by atoms with E-state index in [0.29, 0.717) is 0 Å². The Labute approximate surface area is 107 Å². The van der Waals surface area contributed by atoms with Crippen LogP contribution in [0.25, 0.3) is 0 Å². The van der Waals surface area contributed by atoms with E-state index in [2.05, 4.69) is 19.9 Å². The summed E-state index contributed by atoms with van der Waals surface area (Å²) in [4.78, 5) is 38.7. The van der Waals surface area contributed by atoms with E-state index in [0.717, 1.165) is 0 Å². The largest absolute Gasteiger partial charge is 0.481 e. The van der Waals surface area contributed by atoms with Gasteiger partial charge in [0.1, 0.15) is 12.2 Å². The van der Waals surface area contributed by atoms with Gasteiger partial charge >= 0.3 is 11.9 Å². The Bertz CT molecular complexity index is 526. The monoisotopic (exact) mass is 268 g/mol. The van der Waals surface area contributed by atoms with Crippen LogP contribution in [0.15, 0.2) is 0 Å². The van der Waals surface area contributed by atoms with Crippen molar-refractivity contribution in [2.75, 3.05) is 18.6 Å². The minimum absolute atomic E-state index is 0.0314. The number of H-pyrrole nitrogens is 1. The molecule has 1 unspecified atom stereocenters. The first kappa shape index (κ1) is 13.0. The highest BCUT2D eigenvalue weighted by molar-refractivity contribution is 5.97. The van der Waals surface area contributed by atoms with Crippen LogP contribution in [0.5, 0.6) is 0 Å². The second kappa shape index (κ2) is 5.04. The van der Waals surface area contributed by atoms with Crippen molar-refractivity contribution >= 4 is 23.8 Å². The highest BCUT2D eigenvalue weighted by Gasteiger charge is 2.36. The number of carboxylic acid groups (broad SMARTS) is 1. The average Bonchev–Trinajstić information content (AvgIpc) is 2.95. The number of hydrogen-bond acceptors (Lipinski definition) is 6. The van der Waals surface area contributed by atoms with Gasteiger partial charge in [0.2, 0.25) is 5.91 Å². The van der Waals surface area contributed by atoms with Crippen LogP contribution in [-0.2, 0) is 25.5 Å². The number of esters is 1. The normalized spacial score (nSPS) is 18.7. The van der Waals surface area contributed by atoms with Crippen LogP contribution in [0.3, 0.4) is 0 Å². The summed E-state index contributed by atoms with van der Waals surface area (Å²) in [5.74, 6) is -2.29. The number of amides is 1. The Balaban J connectivity index is 2.08. The number of aliphatic carboxylic acids is 1. The fourth-order valence-electron chi connectivity index (χ4n) is 1.76. The molecule has 1 amide bonds. The van der Waals surface area contributed by atoms with Crippen molar-refractivity contribution in [3.05, 3.63) is 5.82 Å². The molecular formula is C10H12N4O5. The summed E-state index contributed by atoms with van der Waals surface area (Å²) >= 11 is 0. The Morgan fingerprint density at radius 1 is 1.58 bits per heavy atom. The van der Waals surface area contributed by atoms with Crippen LogP contribution in [0.4, 0.5) is 5.95 Å². The Hall–Kier alpha value is -2.45. The molecule has 0 aromatic carbocycles. The Kier molecular flexibility index (Phi) is 3.45. The molecule has 0 radical (unpaired) electrons. The zero-order valence-corrected chi connectivity index (χ0v) is 10.1. The molecule has 2 N–H and O–H groups in total. The summed E-state index contributed by atoms with van der Waals surface area (Å²) < 4.78 is 4.47. The number of methoxy groups -OCH3 is 1. The highest BCUT2D eigenvalue weighted by atomic mass is 16.5. The summed E-state index contributed by atoms with van der Waals surface area (Å²) in [6.07, 6.45) is -0.163. The van der Waals surface area contributed by atoms with Gasteiger partial charge in [0.05, 0.1) is 13.0 Å². The lowest BCUT2D eigenvalue weighted by Crippen LogP contribution is -2.26. The first-order chi connectivity index (χ1) is 9.01. The zero-order valence-electron chi connectivity index (χ0n) is 10.1. The summed E-state index contributed by atoms with van der Waals surface area (Å²) in [5.41, 5.74) is 0. The van der Waals surface area contributed by atoms with Crippen molar-refractivity contribution in [3.8, 4) is 0 Å². The Morgan fingerprint density at radius 2 is 2.32 bits per heavy atom. The number of aromatic nitrogens is 3. The van der Waals surface area contributed by atoms with Gasteiger partial charge in [-0.3, -0.25) is 24.4 Å². The third kappa shape index (κ3) is 2.69. The standard InChI is InChI=1S/C10H12N4O5/c1-19-8(16)3-6-11-10(13-12-6)14-4-5(9(17)18)2-7(14)15/h5H,2-4H2,1H3,(H,17,18)(H,11,12,13). The van der Waals surface area contributed by atoms with E-state index in [9.17, 15) is 14.4 Å². The predicted octanol–water partition coefficient (Wildman–Crippen LogP) is -1.04. The van der Waals surface area contributed by atoms with Crippen molar-refractivity contribution in [1.82, 2.24) is 15.2 Å². The van der Waals surface area contributed by atoms with Crippen molar-refractivity contribution in [2.45, 2.75) is 12.8 Å². The molecule has 2 rings (SSSR count). The quantitative estimate of drug-likeness (QED) is 0.668. The van der Waals surface area contributed by atoms with E-state index in [-0.39, 0.29) is 37.1 Å². The number of hydrogen-bond donors (Lipinski definition) is 2. The Morgan fingerprint density at radius 3 is 2.89 bits per heavy atom. The smallest absolute Gasteiger partial charge is 0.313 e. The van der Waals surface area contributed by atoms with Crippen molar-refractivity contribution in [1.29, 1.82) is 0 Å². The maximum atomic E-state index is 11.7. The molecule has 1 aliphatic rings. The molecule has 1 saturated heterocycles. The maximum absolute atomic E-state index is 11.7. The number of aromatic amines is 1. The molecule has 0 aliphatic carbocycles. The minimum Gasteiger partial charge on any atom is -0.481 e. The lowest BCUT2D eigenvalue weighted by atomic mass is 10.1. The number of nitrogens with one attached hydrogen (secondary N) is 1. The topological polar surface area (TPSA) is 125 Å². The second-order valence-electron chi connectivity index (χ2n) is 4.08. The van der Waals surface area contributed by atoms with Gasteiger partial charge in [-0.25, -0.2) is 0 Å². The predicted molar refractivity (Wildman–Crippen MR) is 60.2 cm³/mol. The molecule has 9 heteroatoms. The van der Waals surface area contributed by atoms with Crippen molar-refractivity contribution < 1.29 is 24.2 Å². The van der Waals surface area contributed by atoms with Crippen molar-refractivity contribution in [2.24, 2.45) is 5.92 Å². The molecule has 1 aromatic rings. The molecule has 0 saturated carbocycles. The highest BCUT2D eigenvalue weighted by Crippen LogP contribution is 2.22. The van der Waals surface area contributed by atoms with E-state index >= 15 is 0 Å².